The number of esters is 1. The Morgan fingerprint density at radius 2 is 1.52 bits per heavy atom. The van der Waals surface area contributed by atoms with E-state index in [2.05, 4.69) is 13.7 Å². The molecule has 1 fully saturated rings. The molecule has 1 aliphatic heterocycles. The summed E-state index contributed by atoms with van der Waals surface area (Å²) in [7, 11) is -4.53. The zero-order valence-corrected chi connectivity index (χ0v) is 18.8. The fourth-order valence-electron chi connectivity index (χ4n) is 3.18. The quantitative estimate of drug-likeness (QED) is 0.525. The lowest BCUT2D eigenvalue weighted by molar-refractivity contribution is -0.155. The third kappa shape index (κ3) is 6.93. The number of rotatable bonds is 9. The normalized spacial score (nSPS) is 22.0. The molecule has 0 aromatic rings. The van der Waals surface area contributed by atoms with Gasteiger partial charge in [0.25, 0.3) is 5.91 Å². The van der Waals surface area contributed by atoms with Crippen molar-refractivity contribution in [3.63, 3.8) is 0 Å². The van der Waals surface area contributed by atoms with Crippen molar-refractivity contribution in [1.82, 2.24) is 10.2 Å². The zero-order chi connectivity index (χ0) is 22.5. The molecule has 0 bridgehead atoms. The lowest BCUT2D eigenvalue weighted by atomic mass is 10.0. The summed E-state index contributed by atoms with van der Waals surface area (Å²) in [6.07, 6.45) is -3.21. The Labute approximate surface area is 172 Å². The van der Waals surface area contributed by atoms with Gasteiger partial charge in [-0.15, -0.1) is 0 Å². The van der Waals surface area contributed by atoms with Gasteiger partial charge in [0, 0.05) is 12.1 Å². The first-order valence-corrected chi connectivity index (χ1v) is 11.0. The van der Waals surface area contributed by atoms with Crippen LogP contribution in [0.25, 0.3) is 0 Å². The first kappa shape index (κ1) is 25.3. The molecular weight excluding hydrogens is 404 g/mol. The van der Waals surface area contributed by atoms with E-state index in [0.717, 1.165) is 0 Å². The number of carbonyl (C=O) groups is 3. The Kier molecular flexibility index (Phi) is 9.04. The van der Waals surface area contributed by atoms with Gasteiger partial charge in [0.2, 0.25) is 12.0 Å². The molecular formula is C18H32N2O8S. The van der Waals surface area contributed by atoms with Crippen LogP contribution in [0.1, 0.15) is 54.9 Å². The smallest absolute Gasteiger partial charge is 0.401 e. The maximum atomic E-state index is 13.1. The number of ether oxygens (including phenoxy) is 1. The predicted octanol–water partition coefficient (Wildman–Crippen LogP) is 0.755. The number of nitrogens with one attached hydrogen (secondary N) is 1. The van der Waals surface area contributed by atoms with Crippen molar-refractivity contribution in [2.24, 2.45) is 5.92 Å². The van der Waals surface area contributed by atoms with Crippen LogP contribution >= 0.6 is 0 Å². The third-order valence-electron chi connectivity index (χ3n) is 4.18. The molecule has 0 aromatic heterocycles. The molecule has 2 amide bonds. The van der Waals surface area contributed by atoms with Crippen molar-refractivity contribution in [2.45, 2.75) is 85.2 Å². The summed E-state index contributed by atoms with van der Waals surface area (Å²) < 4.78 is 37.2. The molecule has 1 heterocycles. The highest BCUT2D eigenvalue weighted by atomic mass is 32.3. The molecule has 0 aliphatic carbocycles. The van der Waals surface area contributed by atoms with E-state index in [1.165, 1.54) is 6.92 Å². The van der Waals surface area contributed by atoms with Gasteiger partial charge in [0.15, 0.2) is 6.10 Å². The topological polar surface area (TPSA) is 128 Å². The lowest BCUT2D eigenvalue weighted by Crippen LogP contribution is -2.56. The van der Waals surface area contributed by atoms with E-state index in [9.17, 15) is 22.8 Å². The van der Waals surface area contributed by atoms with E-state index < -0.39 is 40.5 Å². The second-order valence-electron chi connectivity index (χ2n) is 7.82. The van der Waals surface area contributed by atoms with Gasteiger partial charge in [-0.1, -0.05) is 13.8 Å². The Morgan fingerprint density at radius 3 is 1.97 bits per heavy atom. The van der Waals surface area contributed by atoms with Crippen LogP contribution in [-0.4, -0.2) is 68.0 Å². The SMILES string of the molecule is CCOC(=O)[C@H]1OS(=O)(=O)O[C@@H]1C(=O)N[C@@H](CC(C)C)C(=O)N(C(C)C)C(C)C. The van der Waals surface area contributed by atoms with Crippen LogP contribution in [0.3, 0.4) is 0 Å². The van der Waals surface area contributed by atoms with E-state index in [1.807, 2.05) is 41.5 Å². The van der Waals surface area contributed by atoms with E-state index in [-0.39, 0.29) is 30.5 Å². The molecule has 1 N–H and O–H groups in total. The highest BCUT2D eigenvalue weighted by Gasteiger charge is 2.50. The second-order valence-corrected chi connectivity index (χ2v) is 9.02. The van der Waals surface area contributed by atoms with Gasteiger partial charge in [-0.3, -0.25) is 9.59 Å². The fraction of sp³-hybridized carbons (Fsp3) is 0.833. The number of nitrogens with zero attached hydrogens (tertiary/aromatic N) is 1. The second kappa shape index (κ2) is 10.4. The molecule has 0 unspecified atom stereocenters. The summed E-state index contributed by atoms with van der Waals surface area (Å²) in [5.41, 5.74) is 0. The molecule has 10 nitrogen and oxygen atoms in total. The Balaban J connectivity index is 3.10. The lowest BCUT2D eigenvalue weighted by Gasteiger charge is -2.35. The van der Waals surface area contributed by atoms with E-state index >= 15 is 0 Å². The summed E-state index contributed by atoms with van der Waals surface area (Å²) >= 11 is 0. The van der Waals surface area contributed by atoms with Gasteiger partial charge in [-0.05, 0) is 47.0 Å². The van der Waals surface area contributed by atoms with Gasteiger partial charge in [-0.2, -0.15) is 8.42 Å². The molecule has 1 rings (SSSR count). The van der Waals surface area contributed by atoms with Crippen molar-refractivity contribution in [3.05, 3.63) is 0 Å². The molecule has 0 saturated carbocycles. The summed E-state index contributed by atoms with van der Waals surface area (Å²) in [6.45, 7) is 12.7. The van der Waals surface area contributed by atoms with Crippen molar-refractivity contribution in [1.29, 1.82) is 0 Å². The average Bonchev–Trinajstić information content (AvgIpc) is 2.89. The molecule has 168 valence electrons. The first-order chi connectivity index (χ1) is 13.3. The largest absolute Gasteiger partial charge is 0.464 e. The molecule has 11 heteroatoms. The van der Waals surface area contributed by atoms with Crippen LogP contribution in [-0.2, 0) is 37.9 Å². The van der Waals surface area contributed by atoms with Crippen LogP contribution < -0.4 is 5.32 Å². The van der Waals surface area contributed by atoms with Crippen molar-refractivity contribution in [2.75, 3.05) is 6.61 Å². The Bertz CT molecular complexity index is 697. The summed E-state index contributed by atoms with van der Waals surface area (Å²) in [6, 6.07) is -1.12. The Hall–Kier alpha value is -1.72. The molecule has 1 saturated heterocycles. The minimum absolute atomic E-state index is 0.0285. The van der Waals surface area contributed by atoms with Gasteiger partial charge >= 0.3 is 16.4 Å². The van der Waals surface area contributed by atoms with E-state index in [0.29, 0.717) is 6.42 Å². The molecule has 3 atom stereocenters. The van der Waals surface area contributed by atoms with Crippen LogP contribution in [0, 0.1) is 5.92 Å². The monoisotopic (exact) mass is 436 g/mol. The maximum absolute atomic E-state index is 13.1. The van der Waals surface area contributed by atoms with Crippen LogP contribution in [0.4, 0.5) is 0 Å². The van der Waals surface area contributed by atoms with Gasteiger partial charge in [-0.25, -0.2) is 13.2 Å². The van der Waals surface area contributed by atoms with Crippen LogP contribution in [0.15, 0.2) is 0 Å². The predicted molar refractivity (Wildman–Crippen MR) is 104 cm³/mol. The number of hydrogen-bond acceptors (Lipinski definition) is 8. The minimum atomic E-state index is -4.53. The standard InChI is InChI=1S/C18H32N2O8S/c1-8-26-18(23)15-14(27-29(24,25)28-15)16(21)19-13(9-10(2)3)17(22)20(11(4)5)12(6)7/h10-15H,8-9H2,1-7H3,(H,19,21)/t13-,14-,15-/m0/s1. The highest BCUT2D eigenvalue weighted by Crippen LogP contribution is 2.23. The molecule has 0 spiro atoms. The Morgan fingerprint density at radius 1 is 1.00 bits per heavy atom. The number of carbonyl (C=O) groups excluding carboxylic acids is 3. The number of hydrogen-bond donors (Lipinski definition) is 1. The third-order valence-corrected chi connectivity index (χ3v) is 5.07. The van der Waals surface area contributed by atoms with Crippen molar-refractivity contribution in [3.8, 4) is 0 Å². The zero-order valence-electron chi connectivity index (χ0n) is 18.0. The van der Waals surface area contributed by atoms with Crippen LogP contribution in [0.2, 0.25) is 0 Å². The fourth-order valence-corrected chi connectivity index (χ4v) is 4.10. The maximum Gasteiger partial charge on any atom is 0.401 e. The summed E-state index contributed by atoms with van der Waals surface area (Å²) in [5.74, 6) is -2.20. The molecule has 0 radical (unpaired) electrons. The van der Waals surface area contributed by atoms with Crippen LogP contribution in [0.5, 0.6) is 0 Å². The van der Waals surface area contributed by atoms with E-state index in [1.54, 1.807) is 4.90 Å². The van der Waals surface area contributed by atoms with E-state index in [4.69, 9.17) is 4.74 Å². The summed E-state index contributed by atoms with van der Waals surface area (Å²) in [5, 5.41) is 2.54. The summed E-state index contributed by atoms with van der Waals surface area (Å²) in [4.78, 5) is 39.5. The molecule has 1 aliphatic rings. The molecule has 29 heavy (non-hydrogen) atoms. The van der Waals surface area contributed by atoms with Gasteiger partial charge < -0.3 is 15.0 Å². The van der Waals surface area contributed by atoms with Gasteiger partial charge in [0.05, 0.1) is 6.61 Å². The van der Waals surface area contributed by atoms with Crippen molar-refractivity contribution < 1.29 is 35.9 Å². The highest BCUT2D eigenvalue weighted by molar-refractivity contribution is 7.82. The number of amides is 2. The van der Waals surface area contributed by atoms with Gasteiger partial charge in [0.1, 0.15) is 6.04 Å². The van der Waals surface area contributed by atoms with Crippen molar-refractivity contribution >= 4 is 28.2 Å². The first-order valence-electron chi connectivity index (χ1n) is 9.71. The molecule has 0 aromatic carbocycles. The minimum Gasteiger partial charge on any atom is -0.464 e. The average molecular weight is 437 g/mol.